The van der Waals surface area contributed by atoms with E-state index >= 15 is 0 Å². The predicted octanol–water partition coefficient (Wildman–Crippen LogP) is 4.07. The molecule has 7 nitrogen and oxygen atoms in total. The molecule has 1 aromatic heterocycles. The molecule has 2 atom stereocenters. The van der Waals surface area contributed by atoms with Gasteiger partial charge in [0, 0.05) is 58.6 Å². The van der Waals surface area contributed by atoms with Crippen LogP contribution in [0.3, 0.4) is 0 Å². The van der Waals surface area contributed by atoms with E-state index in [-0.39, 0.29) is 43.5 Å². The van der Waals surface area contributed by atoms with Crippen molar-refractivity contribution in [3.05, 3.63) is 77.0 Å². The molecule has 0 fully saturated rings. The molecular formula is C31H34N4O3. The lowest BCUT2D eigenvalue weighted by molar-refractivity contribution is -0.134. The average Bonchev–Trinajstić information content (AvgIpc) is 3.44. The lowest BCUT2D eigenvalue weighted by Gasteiger charge is -2.40. The van der Waals surface area contributed by atoms with Gasteiger partial charge in [0.05, 0.1) is 17.0 Å². The van der Waals surface area contributed by atoms with Crippen LogP contribution in [0, 0.1) is 5.92 Å². The molecule has 0 N–H and O–H groups in total. The second kappa shape index (κ2) is 9.55. The first-order valence-corrected chi connectivity index (χ1v) is 13.3. The summed E-state index contributed by atoms with van der Waals surface area (Å²) in [6.07, 6.45) is 5.85. The third kappa shape index (κ3) is 3.79. The van der Waals surface area contributed by atoms with Crippen LogP contribution in [0.15, 0.2) is 54.7 Å². The molecule has 0 spiro atoms. The summed E-state index contributed by atoms with van der Waals surface area (Å²) in [5.41, 5.74) is 5.68. The van der Waals surface area contributed by atoms with Gasteiger partial charge in [0.25, 0.3) is 11.8 Å². The number of hydrogen-bond donors (Lipinski definition) is 0. The number of imide groups is 1. The van der Waals surface area contributed by atoms with E-state index in [0.717, 1.165) is 17.5 Å². The molecule has 2 aromatic carbocycles. The fraction of sp³-hybridized carbons (Fsp3) is 0.387. The predicted molar refractivity (Wildman–Crippen MR) is 148 cm³/mol. The standard InChI is InChI=1S/C31H34N4O3/c1-4-33(5-2)29(36)21-16-25-22-12-8-13-26-28(22)20(17-27(25)32(3)18-21)19-34(26)14-9-15-35-30(37)23-10-6-7-11-24(23)31(35)38/h6-8,10-13,16,19,21,27H,4-5,9,14-15,17-18H2,1-3H3/t21-,27-/m1/s1/i1D,2D. The van der Waals surface area contributed by atoms with Crippen molar-refractivity contribution in [3.63, 3.8) is 0 Å². The molecule has 3 aromatic rings. The summed E-state index contributed by atoms with van der Waals surface area (Å²) in [4.78, 5) is 44.2. The number of aromatic nitrogens is 1. The summed E-state index contributed by atoms with van der Waals surface area (Å²) in [6.45, 7) is 2.65. The van der Waals surface area contributed by atoms with E-state index in [4.69, 9.17) is 2.74 Å². The molecule has 0 unspecified atom stereocenters. The Kier molecular flexibility index (Phi) is 5.60. The van der Waals surface area contributed by atoms with Crippen LogP contribution >= 0.6 is 0 Å². The lowest BCUT2D eigenvalue weighted by atomic mass is 9.79. The topological polar surface area (TPSA) is 65.9 Å². The number of carbonyl (C=O) groups is 3. The second-order valence-corrected chi connectivity index (χ2v) is 10.4. The summed E-state index contributed by atoms with van der Waals surface area (Å²) in [5.74, 6) is -0.731. The van der Waals surface area contributed by atoms with Crippen molar-refractivity contribution in [2.24, 2.45) is 5.92 Å². The molecule has 0 radical (unpaired) electrons. The quantitative estimate of drug-likeness (QED) is 0.448. The molecule has 0 saturated heterocycles. The number of aryl methyl sites for hydroxylation is 1. The zero-order valence-electron chi connectivity index (χ0n) is 23.7. The number of likely N-dealkylation sites (N-methyl/N-ethyl adjacent to an activating group) is 1. The first kappa shape index (κ1) is 22.3. The minimum Gasteiger partial charge on any atom is -0.347 e. The highest BCUT2D eigenvalue weighted by molar-refractivity contribution is 6.21. The SMILES string of the molecule is [2H]CCN(CC[2H])C(=O)[C@@H]1C=C2c3cccc4c3c(cn4CCCN3C(=O)c4ccccc4C3=O)C[C@H]2N(C)C1. The number of fused-ring (bicyclic) bond motifs is 3. The van der Waals surface area contributed by atoms with E-state index in [1.54, 1.807) is 29.2 Å². The summed E-state index contributed by atoms with van der Waals surface area (Å²) >= 11 is 0. The van der Waals surface area contributed by atoms with E-state index in [1.165, 1.54) is 21.4 Å². The fourth-order valence-corrected chi connectivity index (χ4v) is 6.38. The molecule has 1 aliphatic carbocycles. The first-order valence-electron chi connectivity index (χ1n) is 14.7. The fourth-order valence-electron chi connectivity index (χ4n) is 6.38. The Morgan fingerprint density at radius 3 is 2.42 bits per heavy atom. The number of hydrogen-bond acceptors (Lipinski definition) is 4. The molecule has 3 aliphatic rings. The van der Waals surface area contributed by atoms with Crippen LogP contribution in [0.1, 0.15) is 54.8 Å². The van der Waals surface area contributed by atoms with Crippen LogP contribution in [0.2, 0.25) is 0 Å². The maximum absolute atomic E-state index is 13.4. The van der Waals surface area contributed by atoms with Crippen LogP contribution in [0.4, 0.5) is 0 Å². The van der Waals surface area contributed by atoms with Crippen molar-refractivity contribution in [2.45, 2.75) is 39.2 Å². The molecule has 2 aliphatic heterocycles. The van der Waals surface area contributed by atoms with Crippen molar-refractivity contribution in [1.29, 1.82) is 0 Å². The van der Waals surface area contributed by atoms with Crippen LogP contribution in [-0.2, 0) is 17.8 Å². The van der Waals surface area contributed by atoms with Crippen molar-refractivity contribution in [1.82, 2.24) is 19.3 Å². The van der Waals surface area contributed by atoms with Gasteiger partial charge >= 0.3 is 0 Å². The Bertz CT molecular complexity index is 1490. The molecule has 7 heteroatoms. The Labute approximate surface area is 226 Å². The molecule has 6 rings (SSSR count). The smallest absolute Gasteiger partial charge is 0.261 e. The molecule has 3 heterocycles. The minimum atomic E-state index is -0.298. The third-order valence-electron chi connectivity index (χ3n) is 8.29. The van der Waals surface area contributed by atoms with Crippen molar-refractivity contribution in [2.75, 3.05) is 33.2 Å². The molecule has 196 valence electrons. The van der Waals surface area contributed by atoms with Crippen LogP contribution in [0.25, 0.3) is 16.5 Å². The molecule has 38 heavy (non-hydrogen) atoms. The van der Waals surface area contributed by atoms with Crippen molar-refractivity contribution < 1.29 is 17.1 Å². The van der Waals surface area contributed by atoms with Gasteiger partial charge in [0.2, 0.25) is 5.91 Å². The Morgan fingerprint density at radius 1 is 1.00 bits per heavy atom. The maximum atomic E-state index is 13.4. The monoisotopic (exact) mass is 512 g/mol. The number of benzene rings is 2. The summed E-state index contributed by atoms with van der Waals surface area (Å²) in [5, 5.41) is 1.21. The number of rotatable bonds is 7. The molecule has 3 amide bonds. The summed E-state index contributed by atoms with van der Waals surface area (Å²) in [7, 11) is 2.07. The van der Waals surface area contributed by atoms with Crippen LogP contribution < -0.4 is 0 Å². The highest BCUT2D eigenvalue weighted by atomic mass is 16.2. The van der Waals surface area contributed by atoms with E-state index in [0.29, 0.717) is 50.3 Å². The second-order valence-electron chi connectivity index (χ2n) is 10.4. The van der Waals surface area contributed by atoms with E-state index in [9.17, 15) is 14.4 Å². The Balaban J connectivity index is 1.24. The van der Waals surface area contributed by atoms with Crippen LogP contribution in [0.5, 0.6) is 0 Å². The lowest BCUT2D eigenvalue weighted by Crippen LogP contribution is -2.47. The van der Waals surface area contributed by atoms with Crippen LogP contribution in [-0.4, -0.2) is 76.3 Å². The van der Waals surface area contributed by atoms with Gasteiger partial charge in [-0.15, -0.1) is 0 Å². The van der Waals surface area contributed by atoms with Gasteiger partial charge in [0.1, 0.15) is 0 Å². The molecule has 0 saturated carbocycles. The molecule has 0 bridgehead atoms. The van der Waals surface area contributed by atoms with Crippen molar-refractivity contribution >= 4 is 34.2 Å². The number of nitrogens with zero attached hydrogens (tertiary/aromatic N) is 4. The highest BCUT2D eigenvalue weighted by Gasteiger charge is 2.37. The number of amides is 3. The summed E-state index contributed by atoms with van der Waals surface area (Å²) in [6, 6.07) is 13.5. The normalized spacial score (nSPS) is 21.2. The zero-order chi connectivity index (χ0) is 28.0. The number of carbonyl (C=O) groups excluding carboxylic acids is 3. The van der Waals surface area contributed by atoms with E-state index < -0.39 is 0 Å². The first-order chi connectivity index (χ1) is 19.4. The van der Waals surface area contributed by atoms with E-state index in [1.807, 2.05) is 0 Å². The molecular weight excluding hydrogens is 476 g/mol. The van der Waals surface area contributed by atoms with Gasteiger partial charge < -0.3 is 9.47 Å². The van der Waals surface area contributed by atoms with Gasteiger partial charge in [-0.3, -0.25) is 24.2 Å². The van der Waals surface area contributed by atoms with Crippen molar-refractivity contribution in [3.8, 4) is 0 Å². The Morgan fingerprint density at radius 2 is 1.71 bits per heavy atom. The zero-order valence-corrected chi connectivity index (χ0v) is 21.7. The summed E-state index contributed by atoms with van der Waals surface area (Å²) < 4.78 is 17.4. The average molecular weight is 513 g/mol. The van der Waals surface area contributed by atoms with Gasteiger partial charge in [-0.25, -0.2) is 0 Å². The highest BCUT2D eigenvalue weighted by Crippen LogP contribution is 2.42. The minimum absolute atomic E-state index is 0.000926. The largest absolute Gasteiger partial charge is 0.347 e. The van der Waals surface area contributed by atoms with Gasteiger partial charge in [0.15, 0.2) is 0 Å². The van der Waals surface area contributed by atoms with Gasteiger partial charge in [-0.05, 0) is 68.6 Å². The van der Waals surface area contributed by atoms with Gasteiger partial charge in [-0.2, -0.15) is 0 Å². The van der Waals surface area contributed by atoms with E-state index in [2.05, 4.69) is 47.0 Å². The maximum Gasteiger partial charge on any atom is 0.261 e. The third-order valence-corrected chi connectivity index (χ3v) is 8.29. The Hall–Kier alpha value is -3.71. The van der Waals surface area contributed by atoms with Gasteiger partial charge in [-0.1, -0.05) is 30.3 Å².